The Morgan fingerprint density at radius 2 is 2.00 bits per heavy atom. The molecule has 0 aromatic heterocycles. The van der Waals surface area contributed by atoms with Crippen molar-refractivity contribution in [3.8, 4) is 0 Å². The summed E-state index contributed by atoms with van der Waals surface area (Å²) >= 11 is 3.43. The lowest BCUT2D eigenvalue weighted by atomic mass is 10.1. The largest absolute Gasteiger partial charge is 0.314 e. The van der Waals surface area contributed by atoms with Gasteiger partial charge in [0.15, 0.2) is 0 Å². The summed E-state index contributed by atoms with van der Waals surface area (Å²) in [5.74, 6) is -0.192. The lowest BCUT2D eigenvalue weighted by molar-refractivity contribution is 0.185. The van der Waals surface area contributed by atoms with Crippen molar-refractivity contribution in [2.45, 2.75) is 13.0 Å². The van der Waals surface area contributed by atoms with E-state index in [0.717, 1.165) is 36.2 Å². The number of nitrogens with one attached hydrogen (secondary N) is 1. The summed E-state index contributed by atoms with van der Waals surface area (Å²) < 4.78 is 13.9. The quantitative estimate of drug-likeness (QED) is 0.900. The number of rotatable bonds is 2. The summed E-state index contributed by atoms with van der Waals surface area (Å²) in [6, 6.07) is 5.26. The van der Waals surface area contributed by atoms with Gasteiger partial charge >= 0.3 is 0 Å². The fourth-order valence-corrected chi connectivity index (χ4v) is 2.79. The van der Waals surface area contributed by atoms with Gasteiger partial charge in [0, 0.05) is 36.7 Å². The van der Waals surface area contributed by atoms with Crippen LogP contribution in [-0.4, -0.2) is 31.1 Å². The van der Waals surface area contributed by atoms with Gasteiger partial charge in [-0.2, -0.15) is 0 Å². The van der Waals surface area contributed by atoms with Crippen LogP contribution in [0, 0.1) is 5.82 Å². The van der Waals surface area contributed by atoms with Crippen molar-refractivity contribution in [1.82, 2.24) is 10.2 Å². The summed E-state index contributed by atoms with van der Waals surface area (Å²) in [6.45, 7) is 6.32. The minimum Gasteiger partial charge on any atom is -0.314 e. The maximum absolute atomic E-state index is 13.0. The molecule has 1 aliphatic rings. The molecule has 1 atom stereocenters. The Bertz CT molecular complexity index is 370. The van der Waals surface area contributed by atoms with E-state index < -0.39 is 0 Å². The molecular formula is C12H17BrClFN2. The highest BCUT2D eigenvalue weighted by Gasteiger charge is 2.19. The Balaban J connectivity index is 0.00000144. The Kier molecular flexibility index (Phi) is 5.86. The zero-order chi connectivity index (χ0) is 11.5. The second-order valence-corrected chi connectivity index (χ2v) is 4.98. The molecule has 2 rings (SSSR count). The van der Waals surface area contributed by atoms with Gasteiger partial charge in [0.25, 0.3) is 0 Å². The number of benzene rings is 1. The SMILES string of the molecule is C[C@H](c1ccc(F)cc1Br)N1CCNCC1.Cl. The molecule has 17 heavy (non-hydrogen) atoms. The summed E-state index contributed by atoms with van der Waals surface area (Å²) in [4.78, 5) is 2.41. The maximum Gasteiger partial charge on any atom is 0.124 e. The van der Waals surface area contributed by atoms with E-state index in [2.05, 4.69) is 33.1 Å². The van der Waals surface area contributed by atoms with Crippen molar-refractivity contribution < 1.29 is 4.39 Å². The van der Waals surface area contributed by atoms with Gasteiger partial charge in [0.2, 0.25) is 0 Å². The van der Waals surface area contributed by atoms with E-state index in [9.17, 15) is 4.39 Å². The summed E-state index contributed by atoms with van der Waals surface area (Å²) in [6.07, 6.45) is 0. The highest BCUT2D eigenvalue weighted by Crippen LogP contribution is 2.28. The predicted molar refractivity (Wildman–Crippen MR) is 74.2 cm³/mol. The second-order valence-electron chi connectivity index (χ2n) is 4.13. The van der Waals surface area contributed by atoms with Crippen LogP contribution in [0.15, 0.2) is 22.7 Å². The molecule has 2 nitrogen and oxygen atoms in total. The summed E-state index contributed by atoms with van der Waals surface area (Å²) in [5.41, 5.74) is 1.16. The van der Waals surface area contributed by atoms with Crippen molar-refractivity contribution >= 4 is 28.3 Å². The van der Waals surface area contributed by atoms with E-state index in [1.54, 1.807) is 0 Å². The summed E-state index contributed by atoms with van der Waals surface area (Å²) in [5, 5.41) is 3.33. The van der Waals surface area contributed by atoms with E-state index in [1.165, 1.54) is 12.1 Å². The number of hydrogen-bond donors (Lipinski definition) is 1. The molecule has 1 aromatic carbocycles. The van der Waals surface area contributed by atoms with Crippen LogP contribution in [0.4, 0.5) is 4.39 Å². The molecule has 0 radical (unpaired) electrons. The first kappa shape index (κ1) is 14.9. The summed E-state index contributed by atoms with van der Waals surface area (Å²) in [7, 11) is 0. The van der Waals surface area contributed by atoms with Gasteiger partial charge in [0.05, 0.1) is 0 Å². The minimum atomic E-state index is -0.192. The Morgan fingerprint density at radius 1 is 1.35 bits per heavy atom. The van der Waals surface area contributed by atoms with Crippen LogP contribution in [0.1, 0.15) is 18.5 Å². The number of nitrogens with zero attached hydrogens (tertiary/aromatic N) is 1. The van der Waals surface area contributed by atoms with Crippen LogP contribution >= 0.6 is 28.3 Å². The van der Waals surface area contributed by atoms with Crippen LogP contribution < -0.4 is 5.32 Å². The van der Waals surface area contributed by atoms with Gasteiger partial charge in [-0.25, -0.2) is 4.39 Å². The Labute approximate surface area is 116 Å². The molecule has 1 saturated heterocycles. The number of halogens is 3. The molecule has 0 unspecified atom stereocenters. The topological polar surface area (TPSA) is 15.3 Å². The Hall–Kier alpha value is -0.160. The smallest absolute Gasteiger partial charge is 0.124 e. The third kappa shape index (κ3) is 3.65. The zero-order valence-electron chi connectivity index (χ0n) is 9.75. The maximum atomic E-state index is 13.0. The molecule has 0 amide bonds. The number of hydrogen-bond acceptors (Lipinski definition) is 2. The van der Waals surface area contributed by atoms with E-state index in [4.69, 9.17) is 0 Å². The molecule has 0 aliphatic carbocycles. The molecule has 1 aliphatic heterocycles. The standard InChI is InChI=1S/C12H16BrFN2.ClH/c1-9(16-6-4-15-5-7-16)11-3-2-10(14)8-12(11)13;/h2-3,8-9,15H,4-7H2,1H3;1H/t9-;/m1./s1. The van der Waals surface area contributed by atoms with Gasteiger partial charge in [0.1, 0.15) is 5.82 Å². The van der Waals surface area contributed by atoms with Crippen LogP contribution in [-0.2, 0) is 0 Å². The van der Waals surface area contributed by atoms with Gasteiger partial charge < -0.3 is 5.32 Å². The van der Waals surface area contributed by atoms with Crippen LogP contribution in [0.25, 0.3) is 0 Å². The molecular weight excluding hydrogens is 307 g/mol. The number of piperazine rings is 1. The van der Waals surface area contributed by atoms with Crippen LogP contribution in [0.5, 0.6) is 0 Å². The third-order valence-corrected chi connectivity index (χ3v) is 3.80. The van der Waals surface area contributed by atoms with E-state index >= 15 is 0 Å². The molecule has 96 valence electrons. The normalized spacial score (nSPS) is 18.5. The lowest BCUT2D eigenvalue weighted by Crippen LogP contribution is -2.44. The highest BCUT2D eigenvalue weighted by molar-refractivity contribution is 9.10. The molecule has 1 N–H and O–H groups in total. The molecule has 0 saturated carbocycles. The van der Waals surface area contributed by atoms with Gasteiger partial charge in [-0.1, -0.05) is 22.0 Å². The zero-order valence-corrected chi connectivity index (χ0v) is 12.2. The second kappa shape index (κ2) is 6.69. The molecule has 1 heterocycles. The minimum absolute atomic E-state index is 0. The van der Waals surface area contributed by atoms with Crippen molar-refractivity contribution in [2.24, 2.45) is 0 Å². The predicted octanol–water partition coefficient (Wildman–Crippen LogP) is 2.98. The van der Waals surface area contributed by atoms with Crippen molar-refractivity contribution in [1.29, 1.82) is 0 Å². The first-order valence-electron chi connectivity index (χ1n) is 5.58. The van der Waals surface area contributed by atoms with E-state index in [1.807, 2.05) is 6.07 Å². The average Bonchev–Trinajstić information content (AvgIpc) is 2.29. The van der Waals surface area contributed by atoms with E-state index in [0.29, 0.717) is 6.04 Å². The van der Waals surface area contributed by atoms with Gasteiger partial charge in [-0.3, -0.25) is 4.90 Å². The highest BCUT2D eigenvalue weighted by atomic mass is 79.9. The third-order valence-electron chi connectivity index (χ3n) is 3.11. The van der Waals surface area contributed by atoms with E-state index in [-0.39, 0.29) is 18.2 Å². The lowest BCUT2D eigenvalue weighted by Gasteiger charge is -2.33. The first-order valence-corrected chi connectivity index (χ1v) is 6.37. The average molecular weight is 324 g/mol. The van der Waals surface area contributed by atoms with Crippen LogP contribution in [0.2, 0.25) is 0 Å². The van der Waals surface area contributed by atoms with Gasteiger partial charge in [-0.05, 0) is 24.6 Å². The van der Waals surface area contributed by atoms with Crippen molar-refractivity contribution in [3.05, 3.63) is 34.1 Å². The van der Waals surface area contributed by atoms with Crippen molar-refractivity contribution in [2.75, 3.05) is 26.2 Å². The molecule has 1 fully saturated rings. The Morgan fingerprint density at radius 3 is 2.59 bits per heavy atom. The molecule has 5 heteroatoms. The molecule has 1 aromatic rings. The molecule has 0 bridgehead atoms. The fraction of sp³-hybridized carbons (Fsp3) is 0.500. The van der Waals surface area contributed by atoms with Crippen LogP contribution in [0.3, 0.4) is 0 Å². The molecule has 0 spiro atoms. The van der Waals surface area contributed by atoms with Gasteiger partial charge in [-0.15, -0.1) is 12.4 Å². The fourth-order valence-electron chi connectivity index (χ4n) is 2.11. The monoisotopic (exact) mass is 322 g/mol. The van der Waals surface area contributed by atoms with Crippen molar-refractivity contribution in [3.63, 3.8) is 0 Å². The first-order chi connectivity index (χ1) is 7.68.